The molecule has 0 radical (unpaired) electrons. The topological polar surface area (TPSA) is 29.3 Å². The molecular formula is C15H23BrN2. The van der Waals surface area contributed by atoms with Crippen LogP contribution in [0.2, 0.25) is 0 Å². The van der Waals surface area contributed by atoms with Crippen LogP contribution in [0.4, 0.5) is 5.69 Å². The summed E-state index contributed by atoms with van der Waals surface area (Å²) in [5.74, 6) is 0.643. The van der Waals surface area contributed by atoms with Gasteiger partial charge in [-0.25, -0.2) is 0 Å². The summed E-state index contributed by atoms with van der Waals surface area (Å²) in [4.78, 5) is 2.51. The van der Waals surface area contributed by atoms with Crippen molar-refractivity contribution in [1.82, 2.24) is 0 Å². The average molecular weight is 311 g/mol. The Bertz CT molecular complexity index is 429. The molecule has 1 saturated heterocycles. The van der Waals surface area contributed by atoms with Crippen LogP contribution in [-0.4, -0.2) is 19.6 Å². The third-order valence-electron chi connectivity index (χ3n) is 4.24. The summed E-state index contributed by atoms with van der Waals surface area (Å²) in [5.41, 5.74) is 8.89. The van der Waals surface area contributed by atoms with Gasteiger partial charge in [0.1, 0.15) is 0 Å². The van der Waals surface area contributed by atoms with Gasteiger partial charge < -0.3 is 10.6 Å². The molecule has 1 aromatic carbocycles. The van der Waals surface area contributed by atoms with E-state index in [4.69, 9.17) is 5.73 Å². The number of hydrogen-bond acceptors (Lipinski definition) is 2. The number of piperidine rings is 1. The highest BCUT2D eigenvalue weighted by molar-refractivity contribution is 9.10. The average Bonchev–Trinajstić information content (AvgIpc) is 2.27. The number of nitrogens with two attached hydrogens (primary N) is 1. The Morgan fingerprint density at radius 1 is 1.44 bits per heavy atom. The number of benzene rings is 1. The maximum atomic E-state index is 5.89. The minimum Gasteiger partial charge on any atom is -0.371 e. The van der Waals surface area contributed by atoms with Crippen molar-refractivity contribution in [3.63, 3.8) is 0 Å². The predicted molar refractivity (Wildman–Crippen MR) is 82.0 cm³/mol. The molecule has 0 aliphatic carbocycles. The van der Waals surface area contributed by atoms with E-state index in [0.29, 0.717) is 11.3 Å². The fourth-order valence-electron chi connectivity index (χ4n) is 3.02. The lowest BCUT2D eigenvalue weighted by Crippen LogP contribution is -2.48. The molecule has 1 unspecified atom stereocenters. The molecule has 0 amide bonds. The molecule has 0 aromatic heterocycles. The lowest BCUT2D eigenvalue weighted by molar-refractivity contribution is 0.182. The first-order chi connectivity index (χ1) is 8.44. The normalized spacial score (nSPS) is 23.2. The van der Waals surface area contributed by atoms with E-state index in [9.17, 15) is 0 Å². The Kier molecular flexibility index (Phi) is 4.02. The third kappa shape index (κ3) is 2.72. The molecule has 2 rings (SSSR count). The molecule has 3 heteroatoms. The van der Waals surface area contributed by atoms with E-state index in [1.54, 1.807) is 0 Å². The highest BCUT2D eigenvalue weighted by Crippen LogP contribution is 2.37. The Morgan fingerprint density at radius 3 is 2.72 bits per heavy atom. The van der Waals surface area contributed by atoms with E-state index in [0.717, 1.165) is 24.1 Å². The van der Waals surface area contributed by atoms with Gasteiger partial charge in [-0.1, -0.05) is 29.8 Å². The van der Waals surface area contributed by atoms with Crippen molar-refractivity contribution in [1.29, 1.82) is 0 Å². The molecule has 0 bridgehead atoms. The zero-order valence-corrected chi connectivity index (χ0v) is 13.1. The van der Waals surface area contributed by atoms with Crippen molar-refractivity contribution in [2.45, 2.75) is 27.2 Å². The van der Waals surface area contributed by atoms with Crippen LogP contribution in [0, 0.1) is 18.3 Å². The third-order valence-corrected chi connectivity index (χ3v) is 4.73. The molecule has 18 heavy (non-hydrogen) atoms. The Labute approximate surface area is 119 Å². The van der Waals surface area contributed by atoms with Gasteiger partial charge in [-0.2, -0.15) is 0 Å². The molecule has 0 spiro atoms. The smallest absolute Gasteiger partial charge is 0.0396 e. The maximum absolute atomic E-state index is 5.89. The molecule has 2 nitrogen and oxygen atoms in total. The van der Waals surface area contributed by atoms with Crippen LogP contribution in [0.5, 0.6) is 0 Å². The highest BCUT2D eigenvalue weighted by Gasteiger charge is 2.35. The van der Waals surface area contributed by atoms with Crippen LogP contribution in [0.15, 0.2) is 22.7 Å². The summed E-state index contributed by atoms with van der Waals surface area (Å²) in [5, 5.41) is 0. The fraction of sp³-hybridized carbons (Fsp3) is 0.600. The fourth-order valence-corrected chi connectivity index (χ4v) is 3.49. The zero-order chi connectivity index (χ0) is 13.3. The Balaban J connectivity index is 2.21. The predicted octanol–water partition coefficient (Wildman–Crippen LogP) is 3.57. The van der Waals surface area contributed by atoms with Crippen LogP contribution in [-0.2, 0) is 0 Å². The van der Waals surface area contributed by atoms with Crippen LogP contribution < -0.4 is 10.6 Å². The summed E-state index contributed by atoms with van der Waals surface area (Å²) in [6.07, 6.45) is 1.19. The van der Waals surface area contributed by atoms with Crippen molar-refractivity contribution in [3.8, 4) is 0 Å². The lowest BCUT2D eigenvalue weighted by atomic mass is 9.74. The number of halogens is 1. The van der Waals surface area contributed by atoms with Gasteiger partial charge in [-0.05, 0) is 55.0 Å². The highest BCUT2D eigenvalue weighted by atomic mass is 79.9. The molecule has 1 aliphatic heterocycles. The van der Waals surface area contributed by atoms with Gasteiger partial charge in [0, 0.05) is 23.2 Å². The number of aryl methyl sites for hydroxylation is 1. The van der Waals surface area contributed by atoms with E-state index >= 15 is 0 Å². The molecule has 100 valence electrons. The maximum Gasteiger partial charge on any atom is 0.0396 e. The summed E-state index contributed by atoms with van der Waals surface area (Å²) >= 11 is 3.53. The van der Waals surface area contributed by atoms with E-state index in [2.05, 4.69) is 59.8 Å². The van der Waals surface area contributed by atoms with Gasteiger partial charge in [-0.15, -0.1) is 0 Å². The first-order valence-electron chi connectivity index (χ1n) is 6.65. The van der Waals surface area contributed by atoms with Gasteiger partial charge in [0.15, 0.2) is 0 Å². The molecule has 0 saturated carbocycles. The molecule has 2 N–H and O–H groups in total. The Hall–Kier alpha value is -0.540. The minimum atomic E-state index is 0.298. The second-order valence-electron chi connectivity index (χ2n) is 6.06. The number of hydrogen-bond donors (Lipinski definition) is 1. The van der Waals surface area contributed by atoms with Gasteiger partial charge in [0.2, 0.25) is 0 Å². The second-order valence-corrected chi connectivity index (χ2v) is 6.98. The van der Waals surface area contributed by atoms with Crippen molar-refractivity contribution >= 4 is 21.6 Å². The molecule has 1 fully saturated rings. The van der Waals surface area contributed by atoms with Crippen LogP contribution in [0.25, 0.3) is 0 Å². The van der Waals surface area contributed by atoms with E-state index in [1.807, 2.05) is 0 Å². The van der Waals surface area contributed by atoms with E-state index in [-0.39, 0.29) is 0 Å². The van der Waals surface area contributed by atoms with Crippen molar-refractivity contribution in [3.05, 3.63) is 28.2 Å². The summed E-state index contributed by atoms with van der Waals surface area (Å²) in [7, 11) is 0. The number of anilines is 1. The molecular weight excluding hydrogens is 288 g/mol. The van der Waals surface area contributed by atoms with E-state index < -0.39 is 0 Å². The van der Waals surface area contributed by atoms with Gasteiger partial charge >= 0.3 is 0 Å². The van der Waals surface area contributed by atoms with Crippen molar-refractivity contribution in [2.24, 2.45) is 17.1 Å². The lowest BCUT2D eigenvalue weighted by Gasteiger charge is -2.45. The first-order valence-corrected chi connectivity index (χ1v) is 7.44. The molecule has 1 aromatic rings. The van der Waals surface area contributed by atoms with Crippen molar-refractivity contribution < 1.29 is 0 Å². The van der Waals surface area contributed by atoms with Crippen LogP contribution >= 0.6 is 15.9 Å². The van der Waals surface area contributed by atoms with E-state index in [1.165, 1.54) is 17.7 Å². The summed E-state index contributed by atoms with van der Waals surface area (Å²) < 4.78 is 1.15. The molecule has 1 atom stereocenters. The quantitative estimate of drug-likeness (QED) is 0.905. The standard InChI is InChI=1S/C15H23BrN2/c1-11-8-13(16)4-5-14(11)18-7-6-12(9-17)15(2,3)10-18/h4-5,8,12H,6-7,9-10,17H2,1-3H3. The second kappa shape index (κ2) is 5.22. The largest absolute Gasteiger partial charge is 0.371 e. The monoisotopic (exact) mass is 310 g/mol. The van der Waals surface area contributed by atoms with Crippen LogP contribution in [0.1, 0.15) is 25.8 Å². The van der Waals surface area contributed by atoms with Gasteiger partial charge in [0.25, 0.3) is 0 Å². The number of rotatable bonds is 2. The number of nitrogens with zero attached hydrogens (tertiary/aromatic N) is 1. The zero-order valence-electron chi connectivity index (χ0n) is 11.5. The SMILES string of the molecule is Cc1cc(Br)ccc1N1CCC(CN)C(C)(C)C1. The first kappa shape index (κ1) is 13.9. The summed E-state index contributed by atoms with van der Waals surface area (Å²) in [6.45, 7) is 9.88. The van der Waals surface area contributed by atoms with Gasteiger partial charge in [-0.3, -0.25) is 0 Å². The molecule has 1 aliphatic rings. The van der Waals surface area contributed by atoms with Gasteiger partial charge in [0.05, 0.1) is 0 Å². The van der Waals surface area contributed by atoms with Crippen LogP contribution in [0.3, 0.4) is 0 Å². The summed E-state index contributed by atoms with van der Waals surface area (Å²) in [6, 6.07) is 6.54. The minimum absolute atomic E-state index is 0.298. The van der Waals surface area contributed by atoms with Crippen molar-refractivity contribution in [2.75, 3.05) is 24.5 Å². The Morgan fingerprint density at radius 2 is 2.17 bits per heavy atom. The molecule has 1 heterocycles.